The predicted octanol–water partition coefficient (Wildman–Crippen LogP) is 4.70. The summed E-state index contributed by atoms with van der Waals surface area (Å²) < 4.78 is 0. The van der Waals surface area contributed by atoms with Crippen molar-refractivity contribution in [1.82, 2.24) is 5.32 Å². The van der Waals surface area contributed by atoms with Crippen molar-refractivity contribution in [2.24, 2.45) is 5.92 Å². The fourth-order valence-corrected chi connectivity index (χ4v) is 3.41. The van der Waals surface area contributed by atoms with E-state index in [4.69, 9.17) is 0 Å². The summed E-state index contributed by atoms with van der Waals surface area (Å²) in [6.45, 7) is 8.48. The van der Waals surface area contributed by atoms with Gasteiger partial charge in [0.15, 0.2) is 0 Å². The van der Waals surface area contributed by atoms with Crippen molar-refractivity contribution in [1.29, 1.82) is 0 Å². The highest BCUT2D eigenvalue weighted by molar-refractivity contribution is 6.05. The van der Waals surface area contributed by atoms with E-state index in [1.165, 1.54) is 18.5 Å². The molecule has 1 aliphatic rings. The molecule has 1 aliphatic heterocycles. The van der Waals surface area contributed by atoms with Crippen LogP contribution in [-0.2, 0) is 0 Å². The standard InChI is InChI=1S/C24H31N3O2/c1-4-18(3)25-23(28)19-5-7-20(8-6-19)24(29)26-21-9-11-22(12-10-21)27-15-13-17(2)14-16-27/h5-12,17-18H,4,13-16H2,1-3H3,(H,25,28)(H,26,29). The van der Waals surface area contributed by atoms with Gasteiger partial charge < -0.3 is 15.5 Å². The van der Waals surface area contributed by atoms with E-state index < -0.39 is 0 Å². The molecule has 1 saturated heterocycles. The highest BCUT2D eigenvalue weighted by Gasteiger charge is 2.16. The molecule has 1 unspecified atom stereocenters. The van der Waals surface area contributed by atoms with E-state index >= 15 is 0 Å². The largest absolute Gasteiger partial charge is 0.372 e. The van der Waals surface area contributed by atoms with Gasteiger partial charge >= 0.3 is 0 Å². The molecule has 5 nitrogen and oxygen atoms in total. The second-order valence-electron chi connectivity index (χ2n) is 8.03. The fourth-order valence-electron chi connectivity index (χ4n) is 3.41. The maximum Gasteiger partial charge on any atom is 0.255 e. The molecule has 1 atom stereocenters. The van der Waals surface area contributed by atoms with Crippen molar-refractivity contribution in [2.45, 2.75) is 46.1 Å². The van der Waals surface area contributed by atoms with Crippen molar-refractivity contribution >= 4 is 23.2 Å². The number of rotatable bonds is 6. The second kappa shape index (κ2) is 9.59. The van der Waals surface area contributed by atoms with Crippen molar-refractivity contribution in [2.75, 3.05) is 23.3 Å². The zero-order valence-corrected chi connectivity index (χ0v) is 17.6. The zero-order valence-electron chi connectivity index (χ0n) is 17.6. The molecule has 2 aromatic carbocycles. The van der Waals surface area contributed by atoms with E-state index in [0.717, 1.165) is 31.1 Å². The lowest BCUT2D eigenvalue weighted by atomic mass is 9.99. The number of benzene rings is 2. The van der Waals surface area contributed by atoms with Crippen molar-refractivity contribution in [3.05, 3.63) is 59.7 Å². The number of carbonyl (C=O) groups excluding carboxylic acids is 2. The Morgan fingerprint density at radius 3 is 2.07 bits per heavy atom. The second-order valence-corrected chi connectivity index (χ2v) is 8.03. The number of piperidine rings is 1. The van der Waals surface area contributed by atoms with Crippen LogP contribution in [0.3, 0.4) is 0 Å². The summed E-state index contributed by atoms with van der Waals surface area (Å²) in [5.74, 6) is 0.504. The third-order valence-electron chi connectivity index (χ3n) is 5.67. The summed E-state index contributed by atoms with van der Waals surface area (Å²) in [6, 6.07) is 14.9. The molecule has 2 amide bonds. The zero-order chi connectivity index (χ0) is 20.8. The first-order chi connectivity index (χ1) is 14.0. The van der Waals surface area contributed by atoms with Gasteiger partial charge in [-0.15, -0.1) is 0 Å². The number of hydrogen-bond donors (Lipinski definition) is 2. The Labute approximate surface area is 173 Å². The number of nitrogens with one attached hydrogen (secondary N) is 2. The van der Waals surface area contributed by atoms with E-state index in [9.17, 15) is 9.59 Å². The third-order valence-corrected chi connectivity index (χ3v) is 5.67. The van der Waals surface area contributed by atoms with Crippen molar-refractivity contribution in [3.8, 4) is 0 Å². The van der Waals surface area contributed by atoms with Gasteiger partial charge in [0, 0.05) is 41.6 Å². The molecular formula is C24H31N3O2. The summed E-state index contributed by atoms with van der Waals surface area (Å²) in [5, 5.41) is 5.85. The molecule has 0 radical (unpaired) electrons. The molecule has 3 rings (SSSR count). The minimum Gasteiger partial charge on any atom is -0.372 e. The van der Waals surface area contributed by atoms with Crippen LogP contribution in [0.15, 0.2) is 48.5 Å². The Bertz CT molecular complexity index is 822. The molecule has 0 aliphatic carbocycles. The molecule has 1 fully saturated rings. The van der Waals surface area contributed by atoms with E-state index in [-0.39, 0.29) is 17.9 Å². The molecule has 0 aromatic heterocycles. The normalized spacial score (nSPS) is 15.6. The SMILES string of the molecule is CCC(C)NC(=O)c1ccc(C(=O)Nc2ccc(N3CCC(C)CC3)cc2)cc1. The summed E-state index contributed by atoms with van der Waals surface area (Å²) in [6.07, 6.45) is 3.33. The van der Waals surface area contributed by atoms with E-state index in [0.29, 0.717) is 11.1 Å². The van der Waals surface area contributed by atoms with Crippen LogP contribution in [0, 0.1) is 5.92 Å². The Morgan fingerprint density at radius 2 is 1.52 bits per heavy atom. The van der Waals surface area contributed by atoms with Gasteiger partial charge in [0.05, 0.1) is 0 Å². The summed E-state index contributed by atoms with van der Waals surface area (Å²) in [5.41, 5.74) is 3.05. The Balaban J connectivity index is 1.58. The molecule has 2 aromatic rings. The number of carbonyl (C=O) groups is 2. The van der Waals surface area contributed by atoms with Crippen LogP contribution in [0.2, 0.25) is 0 Å². The molecule has 0 saturated carbocycles. The monoisotopic (exact) mass is 393 g/mol. The lowest BCUT2D eigenvalue weighted by Gasteiger charge is -2.32. The number of nitrogens with zero attached hydrogens (tertiary/aromatic N) is 1. The van der Waals surface area contributed by atoms with Crippen LogP contribution in [0.4, 0.5) is 11.4 Å². The van der Waals surface area contributed by atoms with Crippen LogP contribution in [0.5, 0.6) is 0 Å². The minimum absolute atomic E-state index is 0.117. The van der Waals surface area contributed by atoms with Gasteiger partial charge in [-0.3, -0.25) is 9.59 Å². The molecular weight excluding hydrogens is 362 g/mol. The fraction of sp³-hybridized carbons (Fsp3) is 0.417. The van der Waals surface area contributed by atoms with Crippen LogP contribution in [-0.4, -0.2) is 30.9 Å². The maximum atomic E-state index is 12.5. The van der Waals surface area contributed by atoms with Gasteiger partial charge in [0.1, 0.15) is 0 Å². The first-order valence-electron chi connectivity index (χ1n) is 10.5. The maximum absolute atomic E-state index is 12.5. The van der Waals surface area contributed by atoms with Crippen molar-refractivity contribution < 1.29 is 9.59 Å². The lowest BCUT2D eigenvalue weighted by Crippen LogP contribution is -2.32. The van der Waals surface area contributed by atoms with Gasteiger partial charge in [-0.2, -0.15) is 0 Å². The Kier molecular flexibility index (Phi) is 6.91. The highest BCUT2D eigenvalue weighted by atomic mass is 16.2. The van der Waals surface area contributed by atoms with Gasteiger partial charge in [-0.05, 0) is 80.6 Å². The van der Waals surface area contributed by atoms with E-state index in [1.54, 1.807) is 24.3 Å². The minimum atomic E-state index is -0.182. The van der Waals surface area contributed by atoms with E-state index in [2.05, 4.69) is 34.6 Å². The summed E-state index contributed by atoms with van der Waals surface area (Å²) in [4.78, 5) is 27.1. The third kappa shape index (κ3) is 5.59. The molecule has 2 N–H and O–H groups in total. The number of amides is 2. The Hall–Kier alpha value is -2.82. The van der Waals surface area contributed by atoms with Crippen LogP contribution < -0.4 is 15.5 Å². The highest BCUT2D eigenvalue weighted by Crippen LogP contribution is 2.24. The van der Waals surface area contributed by atoms with Crippen molar-refractivity contribution in [3.63, 3.8) is 0 Å². The molecule has 0 bridgehead atoms. The van der Waals surface area contributed by atoms with Crippen LogP contribution >= 0.6 is 0 Å². The van der Waals surface area contributed by atoms with Crippen LogP contribution in [0.1, 0.15) is 60.7 Å². The first kappa shape index (κ1) is 20.9. The van der Waals surface area contributed by atoms with Gasteiger partial charge in [-0.1, -0.05) is 13.8 Å². The topological polar surface area (TPSA) is 61.4 Å². The summed E-state index contributed by atoms with van der Waals surface area (Å²) >= 11 is 0. The average molecular weight is 394 g/mol. The first-order valence-corrected chi connectivity index (χ1v) is 10.5. The van der Waals surface area contributed by atoms with Gasteiger partial charge in [0.25, 0.3) is 11.8 Å². The average Bonchev–Trinajstić information content (AvgIpc) is 2.75. The van der Waals surface area contributed by atoms with Gasteiger partial charge in [-0.25, -0.2) is 0 Å². The molecule has 154 valence electrons. The smallest absolute Gasteiger partial charge is 0.255 e. The number of hydrogen-bond acceptors (Lipinski definition) is 3. The molecule has 0 spiro atoms. The lowest BCUT2D eigenvalue weighted by molar-refractivity contribution is 0.0937. The van der Waals surface area contributed by atoms with Gasteiger partial charge in [0.2, 0.25) is 0 Å². The number of anilines is 2. The van der Waals surface area contributed by atoms with Crippen LogP contribution in [0.25, 0.3) is 0 Å². The molecule has 1 heterocycles. The predicted molar refractivity (Wildman–Crippen MR) is 119 cm³/mol. The molecule has 5 heteroatoms. The molecule has 29 heavy (non-hydrogen) atoms. The van der Waals surface area contributed by atoms with E-state index in [1.807, 2.05) is 26.0 Å². The Morgan fingerprint density at radius 1 is 0.966 bits per heavy atom. The summed E-state index contributed by atoms with van der Waals surface area (Å²) in [7, 11) is 0. The quantitative estimate of drug-likeness (QED) is 0.748.